The molecule has 0 saturated heterocycles. The van der Waals surface area contributed by atoms with Gasteiger partial charge in [0.25, 0.3) is 0 Å². The fourth-order valence-corrected chi connectivity index (χ4v) is 4.33. The minimum Gasteiger partial charge on any atom is -0.289 e. The van der Waals surface area contributed by atoms with Crippen molar-refractivity contribution in [3.63, 3.8) is 0 Å². The highest BCUT2D eigenvalue weighted by atomic mass is 32.2. The molecule has 2 aromatic carbocycles. The van der Waals surface area contributed by atoms with E-state index < -0.39 is 27.9 Å². The van der Waals surface area contributed by atoms with Crippen LogP contribution in [0.4, 0.5) is 0 Å². The number of carbonyl (C=O) groups is 1. The summed E-state index contributed by atoms with van der Waals surface area (Å²) in [5.74, 6) is -1.25. The third-order valence-electron chi connectivity index (χ3n) is 4.46. The summed E-state index contributed by atoms with van der Waals surface area (Å²) in [6.07, 6.45) is 4.39. The maximum absolute atomic E-state index is 12.7. The molecule has 0 heterocycles. The highest BCUT2D eigenvalue weighted by Crippen LogP contribution is 2.24. The Kier molecular flexibility index (Phi) is 5.51. The van der Waals surface area contributed by atoms with Gasteiger partial charge < -0.3 is 0 Å². The topological polar surface area (TPSA) is 95.5 Å². The van der Waals surface area contributed by atoms with E-state index in [-0.39, 0.29) is 4.90 Å². The zero-order valence-corrected chi connectivity index (χ0v) is 14.8. The van der Waals surface area contributed by atoms with E-state index in [1.165, 1.54) is 0 Å². The molecule has 3 rings (SSSR count). The number of carbonyl (C=O) groups excluding carboxylic acids is 1. The van der Waals surface area contributed by atoms with E-state index in [4.69, 9.17) is 5.21 Å². The van der Waals surface area contributed by atoms with Gasteiger partial charge in [-0.2, -0.15) is 0 Å². The van der Waals surface area contributed by atoms with E-state index in [2.05, 4.69) is 4.72 Å². The molecular weight excluding hydrogens is 352 g/mol. The average molecular weight is 372 g/mol. The summed E-state index contributed by atoms with van der Waals surface area (Å²) in [5, 5.41) is 8.86. The van der Waals surface area contributed by atoms with Crippen molar-refractivity contribution in [2.75, 3.05) is 0 Å². The Bertz CT molecular complexity index is 893. The van der Waals surface area contributed by atoms with Crippen LogP contribution in [-0.4, -0.2) is 25.6 Å². The third kappa shape index (κ3) is 4.01. The van der Waals surface area contributed by atoms with Crippen LogP contribution < -0.4 is 10.2 Å². The van der Waals surface area contributed by atoms with Gasteiger partial charge in [0.05, 0.1) is 10.8 Å². The number of nitrogens with one attached hydrogen (secondary N) is 2. The monoisotopic (exact) mass is 372 g/mol. The second-order valence-corrected chi connectivity index (χ2v) is 7.86. The van der Waals surface area contributed by atoms with Gasteiger partial charge in [-0.25, -0.2) is 18.6 Å². The Balaban J connectivity index is 1.79. The van der Waals surface area contributed by atoms with E-state index in [0.29, 0.717) is 12.8 Å². The van der Waals surface area contributed by atoms with Crippen molar-refractivity contribution < 1.29 is 18.4 Å². The second kappa shape index (κ2) is 7.82. The number of benzene rings is 2. The molecule has 0 fully saturated rings. The lowest BCUT2D eigenvalue weighted by atomic mass is 9.89. The van der Waals surface area contributed by atoms with Gasteiger partial charge in [-0.05, 0) is 36.1 Å². The molecule has 1 aliphatic carbocycles. The van der Waals surface area contributed by atoms with Gasteiger partial charge in [-0.1, -0.05) is 54.6 Å². The van der Waals surface area contributed by atoms with E-state index in [1.54, 1.807) is 35.8 Å². The van der Waals surface area contributed by atoms with E-state index in [0.717, 1.165) is 11.1 Å². The maximum atomic E-state index is 12.7. The van der Waals surface area contributed by atoms with Crippen LogP contribution in [-0.2, 0) is 14.8 Å². The molecule has 0 saturated carbocycles. The van der Waals surface area contributed by atoms with Crippen molar-refractivity contribution in [1.82, 2.24) is 10.2 Å². The van der Waals surface area contributed by atoms with Crippen molar-refractivity contribution in [2.45, 2.75) is 23.8 Å². The molecule has 2 atom stereocenters. The number of hydrogen-bond donors (Lipinski definition) is 3. The highest BCUT2D eigenvalue weighted by Gasteiger charge is 2.32. The summed E-state index contributed by atoms with van der Waals surface area (Å²) in [5.41, 5.74) is 3.53. The molecule has 0 radical (unpaired) electrons. The maximum Gasteiger partial charge on any atom is 0.248 e. The van der Waals surface area contributed by atoms with Crippen molar-refractivity contribution in [3.8, 4) is 11.1 Å². The summed E-state index contributed by atoms with van der Waals surface area (Å²) in [6, 6.07) is 15.7. The highest BCUT2D eigenvalue weighted by molar-refractivity contribution is 7.89. The summed E-state index contributed by atoms with van der Waals surface area (Å²) in [4.78, 5) is 11.9. The van der Waals surface area contributed by atoms with Crippen LogP contribution >= 0.6 is 0 Å². The number of allylic oxidation sites excluding steroid dienone is 1. The fourth-order valence-electron chi connectivity index (χ4n) is 3.04. The Morgan fingerprint density at radius 1 is 0.923 bits per heavy atom. The van der Waals surface area contributed by atoms with Gasteiger partial charge in [-0.15, -0.1) is 0 Å². The SMILES string of the molecule is O=C(NO)C1CC=CCC1NS(=O)(=O)c1ccc(-c2ccccc2)cc1. The molecule has 3 N–H and O–H groups in total. The van der Waals surface area contributed by atoms with Gasteiger partial charge in [0, 0.05) is 6.04 Å². The standard InChI is InChI=1S/C19H20N2O4S/c22-19(20-23)17-8-4-5-9-18(17)21-26(24,25)16-12-10-15(11-13-16)14-6-2-1-3-7-14/h1-7,10-13,17-18,21,23H,8-9H2,(H,20,22). The average Bonchev–Trinajstić information content (AvgIpc) is 2.68. The molecule has 0 aliphatic heterocycles. The molecule has 1 aliphatic rings. The number of hydroxylamine groups is 1. The van der Waals surface area contributed by atoms with Gasteiger partial charge in [0.1, 0.15) is 0 Å². The van der Waals surface area contributed by atoms with Crippen LogP contribution in [0.3, 0.4) is 0 Å². The Hall–Kier alpha value is -2.48. The first-order valence-electron chi connectivity index (χ1n) is 8.28. The van der Waals surface area contributed by atoms with Crippen LogP contribution in [0.5, 0.6) is 0 Å². The summed E-state index contributed by atoms with van der Waals surface area (Å²) < 4.78 is 27.9. The molecule has 7 heteroatoms. The minimum absolute atomic E-state index is 0.134. The number of rotatable bonds is 5. The van der Waals surface area contributed by atoms with E-state index in [1.807, 2.05) is 36.4 Å². The molecule has 0 aromatic heterocycles. The summed E-state index contributed by atoms with van der Waals surface area (Å²) in [6.45, 7) is 0. The zero-order chi connectivity index (χ0) is 18.6. The van der Waals surface area contributed by atoms with Gasteiger partial charge in [0.2, 0.25) is 15.9 Å². The first-order chi connectivity index (χ1) is 12.5. The van der Waals surface area contributed by atoms with Crippen molar-refractivity contribution >= 4 is 15.9 Å². The second-order valence-electron chi connectivity index (χ2n) is 6.14. The Labute approximate surface area is 152 Å². The van der Waals surface area contributed by atoms with Gasteiger partial charge >= 0.3 is 0 Å². The third-order valence-corrected chi connectivity index (χ3v) is 5.96. The molecule has 2 unspecified atom stereocenters. The van der Waals surface area contributed by atoms with Crippen LogP contribution in [0.1, 0.15) is 12.8 Å². The van der Waals surface area contributed by atoms with E-state index >= 15 is 0 Å². The molecule has 2 aromatic rings. The first kappa shape index (κ1) is 18.3. The van der Waals surface area contributed by atoms with Crippen molar-refractivity contribution in [2.24, 2.45) is 5.92 Å². The largest absolute Gasteiger partial charge is 0.289 e. The number of amides is 1. The molecule has 6 nitrogen and oxygen atoms in total. The lowest BCUT2D eigenvalue weighted by Crippen LogP contribution is -2.46. The quantitative estimate of drug-likeness (QED) is 0.427. The predicted molar refractivity (Wildman–Crippen MR) is 97.8 cm³/mol. The lowest BCUT2D eigenvalue weighted by molar-refractivity contribution is -0.134. The summed E-state index contributed by atoms with van der Waals surface area (Å²) in [7, 11) is -3.78. The van der Waals surface area contributed by atoms with Crippen LogP contribution in [0.15, 0.2) is 71.6 Å². The molecule has 0 bridgehead atoms. The van der Waals surface area contributed by atoms with E-state index in [9.17, 15) is 13.2 Å². The predicted octanol–water partition coefficient (Wildman–Crippen LogP) is 2.47. The molecule has 1 amide bonds. The van der Waals surface area contributed by atoms with Gasteiger partial charge in [-0.3, -0.25) is 10.0 Å². The lowest BCUT2D eigenvalue weighted by Gasteiger charge is -2.27. The molecule has 136 valence electrons. The van der Waals surface area contributed by atoms with Crippen LogP contribution in [0, 0.1) is 5.92 Å². The van der Waals surface area contributed by atoms with Crippen LogP contribution in [0.25, 0.3) is 11.1 Å². The normalized spacial score (nSPS) is 19.9. The smallest absolute Gasteiger partial charge is 0.248 e. The molecular formula is C19H20N2O4S. The number of hydrogen-bond acceptors (Lipinski definition) is 4. The Morgan fingerprint density at radius 2 is 1.54 bits per heavy atom. The van der Waals surface area contributed by atoms with Crippen LogP contribution in [0.2, 0.25) is 0 Å². The summed E-state index contributed by atoms with van der Waals surface area (Å²) >= 11 is 0. The minimum atomic E-state index is -3.78. The van der Waals surface area contributed by atoms with Crippen molar-refractivity contribution in [3.05, 3.63) is 66.7 Å². The number of sulfonamides is 1. The first-order valence-corrected chi connectivity index (χ1v) is 9.76. The fraction of sp³-hybridized carbons (Fsp3) is 0.211. The Morgan fingerprint density at radius 3 is 2.19 bits per heavy atom. The van der Waals surface area contributed by atoms with Crippen molar-refractivity contribution in [1.29, 1.82) is 0 Å². The van der Waals surface area contributed by atoms with Gasteiger partial charge in [0.15, 0.2) is 0 Å². The molecule has 0 spiro atoms. The zero-order valence-electron chi connectivity index (χ0n) is 14.0. The molecule has 26 heavy (non-hydrogen) atoms.